The molecule has 9 nitrogen and oxygen atoms in total. The van der Waals surface area contributed by atoms with E-state index in [1.807, 2.05) is 66.7 Å². The largest absolute Gasteiger partial charge is 0.493 e. The maximum atomic E-state index is 12.2. The molecule has 1 N–H and O–H groups in total. The number of methoxy groups -OCH3 is 1. The molecule has 0 bridgehead atoms. The van der Waals surface area contributed by atoms with Gasteiger partial charge in [-0.15, -0.1) is 10.2 Å². The van der Waals surface area contributed by atoms with Gasteiger partial charge in [0.1, 0.15) is 13.2 Å². The van der Waals surface area contributed by atoms with Gasteiger partial charge in [-0.2, -0.15) is 9.90 Å². The summed E-state index contributed by atoms with van der Waals surface area (Å²) in [6.45, 7) is 0.301. The molecule has 33 heavy (non-hydrogen) atoms. The van der Waals surface area contributed by atoms with E-state index in [1.165, 1.54) is 11.0 Å². The number of carbonyl (C=O) groups is 1. The van der Waals surface area contributed by atoms with Crippen molar-refractivity contribution in [2.75, 3.05) is 7.11 Å². The van der Waals surface area contributed by atoms with Crippen LogP contribution in [0.4, 0.5) is 0 Å². The summed E-state index contributed by atoms with van der Waals surface area (Å²) in [4.78, 5) is 13.4. The van der Waals surface area contributed by atoms with Gasteiger partial charge in [-0.25, -0.2) is 5.43 Å². The number of carbonyl (C=O) groups excluding carboxylic acids is 1. The standard InChI is InChI=1S/C24H22N6O3/c1-32-21-13-12-19(14-22(21)33-17-18-8-4-2-5-9-18)15-25-26-23(31)16-30-28-24(27-29-30)20-10-6-3-7-11-20/h2-15H,16-17H2,1H3,(H,26,31)/b25-15-. The molecule has 4 rings (SSSR count). The lowest BCUT2D eigenvalue weighted by Gasteiger charge is -2.11. The highest BCUT2D eigenvalue weighted by molar-refractivity contribution is 5.83. The first kappa shape index (κ1) is 21.7. The summed E-state index contributed by atoms with van der Waals surface area (Å²) in [5.41, 5.74) is 5.07. The first-order chi connectivity index (χ1) is 16.2. The highest BCUT2D eigenvalue weighted by Gasteiger charge is 2.09. The molecule has 0 unspecified atom stereocenters. The monoisotopic (exact) mass is 442 g/mol. The number of nitrogens with zero attached hydrogens (tertiary/aromatic N) is 5. The lowest BCUT2D eigenvalue weighted by Crippen LogP contribution is -2.24. The fourth-order valence-electron chi connectivity index (χ4n) is 2.98. The summed E-state index contributed by atoms with van der Waals surface area (Å²) >= 11 is 0. The van der Waals surface area contributed by atoms with E-state index in [9.17, 15) is 4.79 Å². The van der Waals surface area contributed by atoms with Gasteiger partial charge in [-0.1, -0.05) is 60.7 Å². The average Bonchev–Trinajstić information content (AvgIpc) is 3.32. The molecule has 0 saturated heterocycles. The third-order valence-corrected chi connectivity index (χ3v) is 4.60. The van der Waals surface area contributed by atoms with E-state index in [-0.39, 0.29) is 12.5 Å². The zero-order valence-electron chi connectivity index (χ0n) is 18.0. The van der Waals surface area contributed by atoms with Gasteiger partial charge in [-0.05, 0) is 34.5 Å². The fraction of sp³-hybridized carbons (Fsp3) is 0.125. The van der Waals surface area contributed by atoms with Crippen molar-refractivity contribution in [3.63, 3.8) is 0 Å². The Morgan fingerprint density at radius 3 is 2.55 bits per heavy atom. The number of ether oxygens (including phenoxy) is 2. The van der Waals surface area contributed by atoms with Gasteiger partial charge in [0.25, 0.3) is 5.91 Å². The highest BCUT2D eigenvalue weighted by Crippen LogP contribution is 2.28. The Hall–Kier alpha value is -4.53. The first-order valence-corrected chi connectivity index (χ1v) is 10.2. The van der Waals surface area contributed by atoms with Crippen molar-refractivity contribution in [3.8, 4) is 22.9 Å². The number of hydrogen-bond donors (Lipinski definition) is 1. The van der Waals surface area contributed by atoms with Crippen LogP contribution in [0.1, 0.15) is 11.1 Å². The zero-order valence-corrected chi connectivity index (χ0v) is 18.0. The summed E-state index contributed by atoms with van der Waals surface area (Å²) in [6.07, 6.45) is 1.52. The molecule has 0 fully saturated rings. The third kappa shape index (κ3) is 6.01. The minimum atomic E-state index is -0.377. The van der Waals surface area contributed by atoms with Crippen LogP contribution in [-0.2, 0) is 17.9 Å². The SMILES string of the molecule is COc1ccc(/C=N\NC(=O)Cn2nnc(-c3ccccc3)n2)cc1OCc1ccccc1. The Morgan fingerprint density at radius 2 is 1.79 bits per heavy atom. The molecular weight excluding hydrogens is 420 g/mol. The van der Waals surface area contributed by atoms with Crippen molar-refractivity contribution in [3.05, 3.63) is 90.0 Å². The molecule has 4 aromatic rings. The van der Waals surface area contributed by atoms with E-state index in [4.69, 9.17) is 9.47 Å². The van der Waals surface area contributed by atoms with Crippen molar-refractivity contribution in [1.29, 1.82) is 0 Å². The predicted octanol–water partition coefficient (Wildman–Crippen LogP) is 3.08. The molecule has 0 atom stereocenters. The van der Waals surface area contributed by atoms with Crippen molar-refractivity contribution in [2.24, 2.45) is 5.10 Å². The van der Waals surface area contributed by atoms with Crippen LogP contribution in [0, 0.1) is 0 Å². The van der Waals surface area contributed by atoms with Gasteiger partial charge in [0.2, 0.25) is 5.82 Å². The molecule has 0 aliphatic rings. The Labute approximate surface area is 190 Å². The topological polar surface area (TPSA) is 104 Å². The smallest absolute Gasteiger partial charge is 0.263 e. The molecule has 0 aliphatic heterocycles. The van der Waals surface area contributed by atoms with Crippen LogP contribution in [0.5, 0.6) is 11.5 Å². The number of benzene rings is 3. The molecule has 1 heterocycles. The average molecular weight is 442 g/mol. The maximum Gasteiger partial charge on any atom is 0.263 e. The normalized spacial score (nSPS) is 10.8. The number of amides is 1. The van der Waals surface area contributed by atoms with Crippen LogP contribution in [-0.4, -0.2) is 39.4 Å². The van der Waals surface area contributed by atoms with Crippen molar-refractivity contribution in [2.45, 2.75) is 13.2 Å². The van der Waals surface area contributed by atoms with Crippen LogP contribution in [0.25, 0.3) is 11.4 Å². The van der Waals surface area contributed by atoms with E-state index < -0.39 is 0 Å². The van der Waals surface area contributed by atoms with Crippen LogP contribution in [0.3, 0.4) is 0 Å². The third-order valence-electron chi connectivity index (χ3n) is 4.60. The van der Waals surface area contributed by atoms with Crippen LogP contribution >= 0.6 is 0 Å². The number of hydrogen-bond acceptors (Lipinski definition) is 7. The number of tetrazole rings is 1. The fourth-order valence-corrected chi connectivity index (χ4v) is 2.98. The number of nitrogens with one attached hydrogen (secondary N) is 1. The second-order valence-corrected chi connectivity index (χ2v) is 6.99. The van der Waals surface area contributed by atoms with Crippen LogP contribution in [0.15, 0.2) is 84.0 Å². The Morgan fingerprint density at radius 1 is 1.03 bits per heavy atom. The Kier molecular flexibility index (Phi) is 7.01. The van der Waals surface area contributed by atoms with Crippen LogP contribution in [0.2, 0.25) is 0 Å². The van der Waals surface area contributed by atoms with Gasteiger partial charge in [0, 0.05) is 5.56 Å². The first-order valence-electron chi connectivity index (χ1n) is 10.2. The minimum absolute atomic E-state index is 0.106. The van der Waals surface area contributed by atoms with Crippen LogP contribution < -0.4 is 14.9 Å². The summed E-state index contributed by atoms with van der Waals surface area (Å²) < 4.78 is 11.3. The van der Waals surface area contributed by atoms with Gasteiger partial charge in [-0.3, -0.25) is 4.79 Å². The van der Waals surface area contributed by atoms with Gasteiger partial charge in [0.15, 0.2) is 11.5 Å². The maximum absolute atomic E-state index is 12.2. The highest BCUT2D eigenvalue weighted by atomic mass is 16.5. The molecular formula is C24H22N6O3. The molecule has 0 saturated carbocycles. The second kappa shape index (κ2) is 10.7. The molecule has 0 aliphatic carbocycles. The Bertz CT molecular complexity index is 1230. The van der Waals surface area contributed by atoms with Crippen molar-refractivity contribution >= 4 is 12.1 Å². The van der Waals surface area contributed by atoms with E-state index in [1.54, 1.807) is 19.2 Å². The minimum Gasteiger partial charge on any atom is -0.493 e. The summed E-state index contributed by atoms with van der Waals surface area (Å²) in [5.74, 6) is 1.26. The second-order valence-electron chi connectivity index (χ2n) is 6.99. The summed E-state index contributed by atoms with van der Waals surface area (Å²) in [6, 6.07) is 24.7. The zero-order chi connectivity index (χ0) is 22.9. The number of aromatic nitrogens is 4. The van der Waals surface area contributed by atoms with E-state index in [0.29, 0.717) is 23.9 Å². The lowest BCUT2D eigenvalue weighted by atomic mass is 10.2. The predicted molar refractivity (Wildman–Crippen MR) is 123 cm³/mol. The van der Waals surface area contributed by atoms with E-state index >= 15 is 0 Å². The Balaban J connectivity index is 1.34. The lowest BCUT2D eigenvalue weighted by molar-refractivity contribution is -0.122. The number of rotatable bonds is 9. The van der Waals surface area contributed by atoms with Crippen molar-refractivity contribution < 1.29 is 14.3 Å². The molecule has 1 aromatic heterocycles. The molecule has 0 radical (unpaired) electrons. The van der Waals surface area contributed by atoms with Gasteiger partial charge < -0.3 is 9.47 Å². The number of hydrazone groups is 1. The summed E-state index contributed by atoms with van der Waals surface area (Å²) in [7, 11) is 1.58. The quantitative estimate of drug-likeness (QED) is 0.316. The van der Waals surface area contributed by atoms with E-state index in [0.717, 1.165) is 16.7 Å². The molecule has 9 heteroatoms. The molecule has 1 amide bonds. The molecule has 0 spiro atoms. The molecule has 3 aromatic carbocycles. The van der Waals surface area contributed by atoms with Gasteiger partial charge >= 0.3 is 0 Å². The molecule has 166 valence electrons. The van der Waals surface area contributed by atoms with Gasteiger partial charge in [0.05, 0.1) is 13.3 Å². The van der Waals surface area contributed by atoms with Crippen molar-refractivity contribution in [1.82, 2.24) is 25.6 Å². The van der Waals surface area contributed by atoms with E-state index in [2.05, 4.69) is 25.9 Å². The summed E-state index contributed by atoms with van der Waals surface area (Å²) in [5, 5.41) is 16.1.